The summed E-state index contributed by atoms with van der Waals surface area (Å²) in [6, 6.07) is 0. The van der Waals surface area contributed by atoms with Crippen molar-refractivity contribution >= 4 is 21.2 Å². The second-order valence-corrected chi connectivity index (χ2v) is 7.91. The summed E-state index contributed by atoms with van der Waals surface area (Å²) in [5.41, 5.74) is 2.09. The first-order chi connectivity index (χ1) is 10.7. The summed E-state index contributed by atoms with van der Waals surface area (Å²) in [6.07, 6.45) is 4.03. The third-order valence-electron chi connectivity index (χ3n) is 3.64. The second kappa shape index (κ2) is 12.0. The van der Waals surface area contributed by atoms with Crippen LogP contribution in [0.3, 0.4) is 0 Å². The summed E-state index contributed by atoms with van der Waals surface area (Å²) >= 11 is 0. The van der Waals surface area contributed by atoms with Gasteiger partial charge in [-0.3, -0.25) is 5.10 Å². The molecule has 1 unspecified atom stereocenters. The molecule has 1 N–H and O–H groups in total. The Morgan fingerprint density at radius 3 is 2.00 bits per heavy atom. The number of nitrogens with one attached hydrogen (secondary N) is 1. The average Bonchev–Trinajstić information content (AvgIpc) is 2.95. The number of hydrogen-bond donors (Lipinski definition) is 1. The van der Waals surface area contributed by atoms with Crippen molar-refractivity contribution in [3.63, 3.8) is 0 Å². The van der Waals surface area contributed by atoms with Gasteiger partial charge in [-0.15, -0.1) is 17.5 Å². The number of aryl methyl sites for hydroxylation is 1. The molecule has 0 aromatic carbocycles. The quantitative estimate of drug-likeness (QED) is 0.572. The molecule has 0 amide bonds. The second-order valence-electron chi connectivity index (χ2n) is 5.14. The number of aromatic amines is 1. The highest BCUT2D eigenvalue weighted by atomic mass is 35.5. The van der Waals surface area contributed by atoms with Crippen molar-refractivity contribution in [3.05, 3.63) is 11.4 Å². The van der Waals surface area contributed by atoms with Gasteiger partial charge in [0.05, 0.1) is 16.9 Å². The van der Waals surface area contributed by atoms with E-state index < -0.39 is 8.80 Å². The van der Waals surface area contributed by atoms with Crippen LogP contribution >= 0.6 is 12.4 Å². The van der Waals surface area contributed by atoms with E-state index in [0.29, 0.717) is 19.8 Å². The van der Waals surface area contributed by atoms with Gasteiger partial charge in [0, 0.05) is 19.8 Å². The lowest BCUT2D eigenvalue weighted by Gasteiger charge is -2.34. The molecule has 136 valence electrons. The normalized spacial score (nSPS) is 12.9. The maximum absolute atomic E-state index is 6.07. The third kappa shape index (κ3) is 5.83. The van der Waals surface area contributed by atoms with Gasteiger partial charge in [0.25, 0.3) is 0 Å². The zero-order chi connectivity index (χ0) is 16.4. The van der Waals surface area contributed by atoms with Gasteiger partial charge in [-0.1, -0.05) is 25.5 Å². The standard InChI is InChI=1S/C15H31N3O3Si.ClH/c1-6-11-12-13-15(17-18-16-13)14(7-2)22(19-8-3,20-9-4)21-10-5;/h14H,6-12H2,1-5H3,(H,16,17,18);1H. The Balaban J connectivity index is 0.00000484. The number of halogens is 1. The average molecular weight is 366 g/mol. The van der Waals surface area contributed by atoms with Crippen LogP contribution in [0.2, 0.25) is 0 Å². The Morgan fingerprint density at radius 1 is 1.00 bits per heavy atom. The molecule has 0 radical (unpaired) electrons. The van der Waals surface area contributed by atoms with Crippen LogP contribution in [0.1, 0.15) is 70.8 Å². The number of aromatic nitrogens is 3. The first-order valence-corrected chi connectivity index (χ1v) is 10.3. The lowest BCUT2D eigenvalue weighted by Crippen LogP contribution is -2.52. The van der Waals surface area contributed by atoms with Crippen LogP contribution in [-0.2, 0) is 19.7 Å². The predicted molar refractivity (Wildman–Crippen MR) is 95.9 cm³/mol. The van der Waals surface area contributed by atoms with Crippen LogP contribution in [0.5, 0.6) is 0 Å². The molecule has 0 saturated carbocycles. The Kier molecular flexibility index (Phi) is 11.7. The van der Waals surface area contributed by atoms with Gasteiger partial charge < -0.3 is 13.3 Å². The first-order valence-electron chi connectivity index (χ1n) is 8.50. The fourth-order valence-corrected chi connectivity index (χ4v) is 5.87. The zero-order valence-corrected chi connectivity index (χ0v) is 16.9. The molecular formula is C15H32ClN3O3Si. The minimum atomic E-state index is -2.81. The van der Waals surface area contributed by atoms with Crippen molar-refractivity contribution in [2.75, 3.05) is 19.8 Å². The molecule has 0 fully saturated rings. The van der Waals surface area contributed by atoms with Gasteiger partial charge in [-0.05, 0) is 40.0 Å². The van der Waals surface area contributed by atoms with Crippen LogP contribution in [0.25, 0.3) is 0 Å². The molecule has 0 aliphatic carbocycles. The van der Waals surface area contributed by atoms with E-state index in [9.17, 15) is 0 Å². The fraction of sp³-hybridized carbons (Fsp3) is 0.867. The van der Waals surface area contributed by atoms with E-state index in [4.69, 9.17) is 13.3 Å². The van der Waals surface area contributed by atoms with Crippen molar-refractivity contribution in [2.45, 2.75) is 65.8 Å². The number of rotatable bonds is 12. The van der Waals surface area contributed by atoms with Crippen LogP contribution in [0, 0.1) is 0 Å². The molecule has 1 heterocycles. The van der Waals surface area contributed by atoms with Gasteiger partial charge in [-0.2, -0.15) is 0 Å². The van der Waals surface area contributed by atoms with Crippen LogP contribution < -0.4 is 0 Å². The summed E-state index contributed by atoms with van der Waals surface area (Å²) < 4.78 is 18.2. The monoisotopic (exact) mass is 365 g/mol. The number of H-pyrrole nitrogens is 1. The van der Waals surface area contributed by atoms with Gasteiger partial charge in [0.2, 0.25) is 0 Å². The molecule has 23 heavy (non-hydrogen) atoms. The molecule has 1 rings (SSSR count). The van der Waals surface area contributed by atoms with E-state index in [1.165, 1.54) is 0 Å². The maximum Gasteiger partial charge on any atom is 0.510 e. The summed E-state index contributed by atoms with van der Waals surface area (Å²) in [5.74, 6) is 0. The summed E-state index contributed by atoms with van der Waals surface area (Å²) in [4.78, 5) is 0. The van der Waals surface area contributed by atoms with E-state index in [-0.39, 0.29) is 17.9 Å². The Bertz CT molecular complexity index is 403. The largest absolute Gasteiger partial charge is 0.510 e. The smallest absolute Gasteiger partial charge is 0.373 e. The van der Waals surface area contributed by atoms with Crippen molar-refractivity contribution < 1.29 is 13.3 Å². The third-order valence-corrected chi connectivity index (χ3v) is 7.26. The minimum Gasteiger partial charge on any atom is -0.373 e. The first kappa shape index (κ1) is 22.5. The number of hydrogen-bond acceptors (Lipinski definition) is 5. The zero-order valence-electron chi connectivity index (χ0n) is 15.1. The lowest BCUT2D eigenvalue weighted by molar-refractivity contribution is 0.0606. The number of unbranched alkanes of at least 4 members (excludes halogenated alkanes) is 1. The maximum atomic E-state index is 6.07. The highest BCUT2D eigenvalue weighted by Gasteiger charge is 2.50. The molecule has 6 nitrogen and oxygen atoms in total. The Hall–Kier alpha value is -0.473. The van der Waals surface area contributed by atoms with Crippen molar-refractivity contribution in [1.29, 1.82) is 0 Å². The lowest BCUT2D eigenvalue weighted by atomic mass is 10.1. The summed E-state index contributed by atoms with van der Waals surface area (Å²) in [6.45, 7) is 12.0. The van der Waals surface area contributed by atoms with E-state index in [2.05, 4.69) is 29.3 Å². The molecule has 1 atom stereocenters. The number of nitrogens with zero attached hydrogens (tertiary/aromatic N) is 2. The van der Waals surface area contributed by atoms with E-state index in [1.54, 1.807) is 0 Å². The van der Waals surface area contributed by atoms with Gasteiger partial charge in [-0.25, -0.2) is 0 Å². The van der Waals surface area contributed by atoms with Crippen molar-refractivity contribution in [3.8, 4) is 0 Å². The molecule has 0 spiro atoms. The molecule has 0 bridgehead atoms. The van der Waals surface area contributed by atoms with E-state index in [1.807, 2.05) is 20.8 Å². The molecule has 0 saturated heterocycles. The van der Waals surface area contributed by atoms with E-state index in [0.717, 1.165) is 37.1 Å². The molecule has 1 aromatic rings. The fourth-order valence-electron chi connectivity index (χ4n) is 2.73. The summed E-state index contributed by atoms with van der Waals surface area (Å²) in [5, 5.41) is 11.4. The topological polar surface area (TPSA) is 69.3 Å². The SMILES string of the molecule is CCCCc1nn[nH]c1C(CC)[Si](OCC)(OCC)OCC.Cl. The van der Waals surface area contributed by atoms with Crippen LogP contribution in [0.15, 0.2) is 0 Å². The Morgan fingerprint density at radius 2 is 1.57 bits per heavy atom. The van der Waals surface area contributed by atoms with E-state index >= 15 is 0 Å². The molecule has 0 aliphatic rings. The van der Waals surface area contributed by atoms with Crippen LogP contribution in [0.4, 0.5) is 0 Å². The van der Waals surface area contributed by atoms with Gasteiger partial charge in [0.15, 0.2) is 0 Å². The molecule has 8 heteroatoms. The van der Waals surface area contributed by atoms with Crippen molar-refractivity contribution in [1.82, 2.24) is 15.4 Å². The highest BCUT2D eigenvalue weighted by molar-refractivity contribution is 6.62. The molecule has 0 aliphatic heterocycles. The van der Waals surface area contributed by atoms with Crippen LogP contribution in [-0.4, -0.2) is 44.0 Å². The van der Waals surface area contributed by atoms with Crippen molar-refractivity contribution in [2.24, 2.45) is 0 Å². The van der Waals surface area contributed by atoms with Gasteiger partial charge in [0.1, 0.15) is 0 Å². The molecular weight excluding hydrogens is 334 g/mol. The minimum absolute atomic E-state index is 0. The predicted octanol–water partition coefficient (Wildman–Crippen LogP) is 3.65. The van der Waals surface area contributed by atoms with Gasteiger partial charge >= 0.3 is 8.80 Å². The Labute approximate surface area is 147 Å². The summed E-state index contributed by atoms with van der Waals surface area (Å²) in [7, 11) is -2.81. The highest BCUT2D eigenvalue weighted by Crippen LogP contribution is 2.33. The molecule has 1 aromatic heterocycles.